The molecule has 0 unspecified atom stereocenters. The van der Waals surface area contributed by atoms with Gasteiger partial charge in [-0.2, -0.15) is 13.2 Å². The van der Waals surface area contributed by atoms with Gasteiger partial charge in [0.1, 0.15) is 17.9 Å². The third kappa shape index (κ3) is 8.65. The van der Waals surface area contributed by atoms with Gasteiger partial charge >= 0.3 is 12.1 Å². The van der Waals surface area contributed by atoms with E-state index in [1.807, 2.05) is 38.1 Å². The second kappa shape index (κ2) is 14.8. The van der Waals surface area contributed by atoms with Gasteiger partial charge in [-0.1, -0.05) is 0 Å². The van der Waals surface area contributed by atoms with Crippen molar-refractivity contribution in [1.29, 1.82) is 0 Å². The summed E-state index contributed by atoms with van der Waals surface area (Å²) in [4.78, 5) is 22.4. The van der Waals surface area contributed by atoms with Crippen molar-refractivity contribution in [2.24, 2.45) is 5.92 Å². The summed E-state index contributed by atoms with van der Waals surface area (Å²) in [5.74, 6) is -1.39. The number of esters is 1. The number of nitrogens with zero attached hydrogens (tertiary/aromatic N) is 4. The lowest BCUT2D eigenvalue weighted by atomic mass is 9.95. The molecule has 3 N–H and O–H groups in total. The molecule has 1 aromatic carbocycles. The molecule has 0 radical (unpaired) electrons. The van der Waals surface area contributed by atoms with Gasteiger partial charge in [-0.15, -0.1) is 0 Å². The molecule has 14 heteroatoms. The van der Waals surface area contributed by atoms with E-state index in [4.69, 9.17) is 9.47 Å². The van der Waals surface area contributed by atoms with Gasteiger partial charge < -0.3 is 34.8 Å². The maximum absolute atomic E-state index is 14.2. The number of hydrogen-bond donors (Lipinski definition) is 3. The van der Waals surface area contributed by atoms with E-state index in [2.05, 4.69) is 25.0 Å². The first-order chi connectivity index (χ1) is 21.9. The quantitative estimate of drug-likeness (QED) is 0.276. The third-order valence-electron chi connectivity index (χ3n) is 8.94. The summed E-state index contributed by atoms with van der Waals surface area (Å²) in [7, 11) is 0. The number of aliphatic hydroxyl groups is 2. The van der Waals surface area contributed by atoms with E-state index in [-0.39, 0.29) is 18.7 Å². The summed E-state index contributed by atoms with van der Waals surface area (Å²) in [6.45, 7) is 10.1. The number of pyridine rings is 1. The van der Waals surface area contributed by atoms with Gasteiger partial charge in [-0.25, -0.2) is 14.2 Å². The summed E-state index contributed by atoms with van der Waals surface area (Å²) in [6, 6.07) is 7.76. The van der Waals surface area contributed by atoms with Gasteiger partial charge in [0, 0.05) is 58.0 Å². The third-order valence-corrected chi connectivity index (χ3v) is 8.94. The second-order valence-electron chi connectivity index (χ2n) is 12.7. The van der Waals surface area contributed by atoms with Gasteiger partial charge in [0.05, 0.1) is 30.4 Å². The van der Waals surface area contributed by atoms with Crippen LogP contribution in [0.2, 0.25) is 0 Å². The fourth-order valence-electron chi connectivity index (χ4n) is 6.29. The van der Waals surface area contributed by atoms with Crippen LogP contribution < -0.4 is 10.2 Å². The van der Waals surface area contributed by atoms with Crippen molar-refractivity contribution in [2.45, 2.75) is 63.3 Å². The first-order valence-electron chi connectivity index (χ1n) is 15.9. The number of alkyl halides is 3. The first kappa shape index (κ1) is 34.3. The van der Waals surface area contributed by atoms with Crippen LogP contribution in [0.3, 0.4) is 0 Å². The van der Waals surface area contributed by atoms with Crippen LogP contribution in [0.5, 0.6) is 0 Å². The molecule has 0 bridgehead atoms. The Morgan fingerprint density at radius 1 is 0.978 bits per heavy atom. The van der Waals surface area contributed by atoms with Gasteiger partial charge in [0.2, 0.25) is 0 Å². The van der Waals surface area contributed by atoms with Gasteiger partial charge in [-0.05, 0) is 69.0 Å². The lowest BCUT2D eigenvalue weighted by Crippen LogP contribution is -2.59. The van der Waals surface area contributed by atoms with Crippen molar-refractivity contribution in [3.8, 4) is 0 Å². The molecule has 0 saturated carbocycles. The molecule has 4 heterocycles. The molecular formula is C32H43F4N5O5. The van der Waals surface area contributed by atoms with E-state index in [1.54, 1.807) is 0 Å². The van der Waals surface area contributed by atoms with E-state index < -0.39 is 47.9 Å². The van der Waals surface area contributed by atoms with Crippen LogP contribution in [0.4, 0.5) is 29.1 Å². The van der Waals surface area contributed by atoms with Gasteiger partial charge in [0.25, 0.3) is 0 Å². The molecular weight excluding hydrogens is 610 g/mol. The lowest BCUT2D eigenvalue weighted by Gasteiger charge is -2.43. The number of ether oxygens (including phenoxy) is 2. The highest BCUT2D eigenvalue weighted by Crippen LogP contribution is 2.30. The fraction of sp³-hybridized carbons (Fsp3) is 0.625. The van der Waals surface area contributed by atoms with Crippen molar-refractivity contribution in [2.75, 3.05) is 69.2 Å². The van der Waals surface area contributed by atoms with Crippen LogP contribution in [0.25, 0.3) is 0 Å². The predicted octanol–water partition coefficient (Wildman–Crippen LogP) is 3.24. The molecule has 1 aromatic heterocycles. The number of piperazine rings is 1. The highest BCUT2D eigenvalue weighted by molar-refractivity contribution is 5.89. The van der Waals surface area contributed by atoms with Crippen molar-refractivity contribution in [3.63, 3.8) is 0 Å². The lowest BCUT2D eigenvalue weighted by molar-refractivity contribution is -0.148. The largest absolute Gasteiger partial charge is 0.459 e. The van der Waals surface area contributed by atoms with Gasteiger partial charge in [0.15, 0.2) is 11.6 Å². The average molecular weight is 654 g/mol. The zero-order valence-electron chi connectivity index (χ0n) is 26.1. The Bertz CT molecular complexity index is 1300. The fourth-order valence-corrected chi connectivity index (χ4v) is 6.29. The zero-order valence-corrected chi connectivity index (χ0v) is 26.1. The normalized spacial score (nSPS) is 25.5. The summed E-state index contributed by atoms with van der Waals surface area (Å²) in [6.07, 6.45) is -6.15. The molecule has 46 heavy (non-hydrogen) atoms. The SMILES string of the molecule is CC(C)OC(=O)c1ccc(N2CCC(CN3CCN(C[C@H]4OC[C@H](Nc5nc(C(F)(F)F)ccc5F)[C@@H](O)[C@H]4O)CC3)CC2)cc1. The van der Waals surface area contributed by atoms with Crippen molar-refractivity contribution in [1.82, 2.24) is 14.8 Å². The summed E-state index contributed by atoms with van der Waals surface area (Å²) < 4.78 is 64.2. The van der Waals surface area contributed by atoms with E-state index in [9.17, 15) is 32.6 Å². The Hall–Kier alpha value is -3.04. The van der Waals surface area contributed by atoms with Crippen LogP contribution in [-0.2, 0) is 15.7 Å². The number of carbonyl (C=O) groups excluding carboxylic acids is 1. The molecule has 10 nitrogen and oxygen atoms in total. The summed E-state index contributed by atoms with van der Waals surface area (Å²) >= 11 is 0. The molecule has 3 saturated heterocycles. The minimum Gasteiger partial charge on any atom is -0.459 e. The molecule has 0 aliphatic carbocycles. The van der Waals surface area contributed by atoms with Crippen molar-refractivity contribution >= 4 is 17.5 Å². The second-order valence-corrected chi connectivity index (χ2v) is 12.7. The molecule has 254 valence electrons. The summed E-state index contributed by atoms with van der Waals surface area (Å²) in [5.41, 5.74) is 0.392. The minimum absolute atomic E-state index is 0.131. The monoisotopic (exact) mass is 653 g/mol. The van der Waals surface area contributed by atoms with E-state index in [1.165, 1.54) is 0 Å². The number of anilines is 2. The average Bonchev–Trinajstić information content (AvgIpc) is 3.02. The Kier molecular flexibility index (Phi) is 11.0. The minimum atomic E-state index is -4.75. The Labute approximate surface area is 266 Å². The molecule has 5 rings (SSSR count). The predicted molar refractivity (Wildman–Crippen MR) is 163 cm³/mol. The van der Waals surface area contributed by atoms with E-state index in [0.717, 1.165) is 64.3 Å². The molecule has 0 spiro atoms. The maximum atomic E-state index is 14.2. The van der Waals surface area contributed by atoms with Crippen LogP contribution >= 0.6 is 0 Å². The van der Waals surface area contributed by atoms with Crippen LogP contribution in [0, 0.1) is 11.7 Å². The number of aliphatic hydroxyl groups excluding tert-OH is 2. The molecule has 3 aliphatic heterocycles. The molecule has 4 atom stereocenters. The van der Waals surface area contributed by atoms with Crippen LogP contribution in [-0.4, -0.2) is 120 Å². The van der Waals surface area contributed by atoms with E-state index >= 15 is 0 Å². The highest BCUT2D eigenvalue weighted by atomic mass is 19.4. The summed E-state index contributed by atoms with van der Waals surface area (Å²) in [5, 5.41) is 23.9. The van der Waals surface area contributed by atoms with Gasteiger partial charge in [-0.3, -0.25) is 4.90 Å². The topological polar surface area (TPSA) is 111 Å². The Morgan fingerprint density at radius 2 is 1.61 bits per heavy atom. The van der Waals surface area contributed by atoms with Crippen molar-refractivity contribution < 1.29 is 42.0 Å². The van der Waals surface area contributed by atoms with Crippen molar-refractivity contribution in [3.05, 3.63) is 53.5 Å². The maximum Gasteiger partial charge on any atom is 0.433 e. The smallest absolute Gasteiger partial charge is 0.433 e. The number of carbonyl (C=O) groups is 1. The number of benzene rings is 1. The number of halogens is 4. The number of nitrogens with one attached hydrogen (secondary N) is 1. The number of hydrogen-bond acceptors (Lipinski definition) is 10. The number of rotatable bonds is 9. The highest BCUT2D eigenvalue weighted by Gasteiger charge is 2.40. The Morgan fingerprint density at radius 3 is 2.22 bits per heavy atom. The standard InChI is InChI=1S/C32H43F4N5O5/c1-20(2)46-31(44)22-3-5-23(6-4-22)41-11-9-21(10-12-41)17-39-13-15-40(16-14-39)18-26-29(43)28(42)25(19-45-26)37-30-24(33)7-8-27(38-30)32(34,35)36/h3-8,20-21,25-26,28-29,42-43H,9-19H2,1-2H3,(H,37,38)/t25-,26+,28+,29-/m0/s1. The number of aromatic nitrogens is 1. The molecule has 3 aliphatic rings. The van der Waals surface area contributed by atoms with Crippen LogP contribution in [0.1, 0.15) is 42.7 Å². The molecule has 3 fully saturated rings. The molecule has 2 aromatic rings. The zero-order chi connectivity index (χ0) is 33.0. The Balaban J connectivity index is 1.02. The first-order valence-corrected chi connectivity index (χ1v) is 15.9. The van der Waals surface area contributed by atoms with E-state index in [0.29, 0.717) is 30.2 Å². The molecule has 0 amide bonds. The van der Waals surface area contributed by atoms with Crippen LogP contribution in [0.15, 0.2) is 36.4 Å². The number of piperidine rings is 1.